The lowest BCUT2D eigenvalue weighted by molar-refractivity contribution is 0.339. The molecule has 1 aliphatic rings. The van der Waals surface area contributed by atoms with E-state index in [1.807, 2.05) is 25.1 Å². The van der Waals surface area contributed by atoms with Crippen molar-refractivity contribution in [1.29, 1.82) is 0 Å². The lowest BCUT2D eigenvalue weighted by atomic mass is 10.1. The highest BCUT2D eigenvalue weighted by molar-refractivity contribution is 5.44. The summed E-state index contributed by atoms with van der Waals surface area (Å²) in [5, 5.41) is 13.5. The average molecular weight is 283 g/mol. The highest BCUT2D eigenvalue weighted by Crippen LogP contribution is 2.36. The van der Waals surface area contributed by atoms with Crippen molar-refractivity contribution in [2.45, 2.75) is 32.4 Å². The molecule has 0 saturated heterocycles. The molecule has 1 aliphatic carbocycles. The van der Waals surface area contributed by atoms with Crippen molar-refractivity contribution in [3.8, 4) is 11.5 Å². The first-order valence-corrected chi connectivity index (χ1v) is 7.54. The number of nitrogens with one attached hydrogen (secondary N) is 1. The van der Waals surface area contributed by atoms with Crippen LogP contribution in [0.1, 0.15) is 36.1 Å². The van der Waals surface area contributed by atoms with E-state index in [1.165, 1.54) is 11.1 Å². The first kappa shape index (κ1) is 14.0. The maximum absolute atomic E-state index is 9.89. The molecule has 1 atom stereocenters. The number of ether oxygens (including phenoxy) is 1. The zero-order chi connectivity index (χ0) is 14.7. The van der Waals surface area contributed by atoms with E-state index in [0.29, 0.717) is 18.4 Å². The predicted octanol–water partition coefficient (Wildman–Crippen LogP) is 3.57. The number of hydrogen-bond acceptors (Lipinski definition) is 3. The number of rotatable bonds is 5. The number of phenols is 1. The minimum atomic E-state index is 0.322. The molecule has 0 aliphatic heterocycles. The summed E-state index contributed by atoms with van der Waals surface area (Å²) in [6.07, 6.45) is 1.98. The fraction of sp³-hybridized carbons (Fsp3) is 0.333. The fourth-order valence-electron chi connectivity index (χ4n) is 3.00. The number of aromatic hydroxyl groups is 1. The first-order valence-electron chi connectivity index (χ1n) is 7.54. The highest BCUT2D eigenvalue weighted by atomic mass is 16.5. The number of fused-ring (bicyclic) bond motifs is 1. The maximum Gasteiger partial charge on any atom is 0.119 e. The first-order chi connectivity index (χ1) is 10.3. The lowest BCUT2D eigenvalue weighted by Crippen LogP contribution is -2.18. The van der Waals surface area contributed by atoms with Crippen LogP contribution in [0, 0.1) is 0 Å². The molecule has 0 radical (unpaired) electrons. The molecule has 0 aromatic heterocycles. The summed E-state index contributed by atoms with van der Waals surface area (Å²) in [6.45, 7) is 3.49. The summed E-state index contributed by atoms with van der Waals surface area (Å²) in [5.74, 6) is 1.34. The van der Waals surface area contributed by atoms with E-state index in [-0.39, 0.29) is 0 Å². The van der Waals surface area contributed by atoms with E-state index in [2.05, 4.69) is 23.5 Å². The van der Waals surface area contributed by atoms with Crippen molar-refractivity contribution in [1.82, 2.24) is 5.32 Å². The smallest absolute Gasteiger partial charge is 0.119 e. The van der Waals surface area contributed by atoms with Crippen LogP contribution in [-0.2, 0) is 13.0 Å². The van der Waals surface area contributed by atoms with Gasteiger partial charge in [0.2, 0.25) is 0 Å². The van der Waals surface area contributed by atoms with Gasteiger partial charge in [0.25, 0.3) is 0 Å². The second-order valence-electron chi connectivity index (χ2n) is 5.40. The van der Waals surface area contributed by atoms with Gasteiger partial charge in [-0.25, -0.2) is 0 Å². The fourth-order valence-corrected chi connectivity index (χ4v) is 3.00. The molecule has 110 valence electrons. The quantitative estimate of drug-likeness (QED) is 0.881. The van der Waals surface area contributed by atoms with Crippen LogP contribution < -0.4 is 10.1 Å². The second-order valence-corrected chi connectivity index (χ2v) is 5.40. The second kappa shape index (κ2) is 6.19. The van der Waals surface area contributed by atoms with Crippen molar-refractivity contribution in [2.24, 2.45) is 0 Å². The highest BCUT2D eigenvalue weighted by Gasteiger charge is 2.23. The van der Waals surface area contributed by atoms with Crippen molar-refractivity contribution >= 4 is 0 Å². The number of phenolic OH excluding ortho intramolecular Hbond substituents is 1. The van der Waals surface area contributed by atoms with E-state index in [9.17, 15) is 5.11 Å². The normalized spacial score (nSPS) is 16.7. The Hall–Kier alpha value is -2.00. The molecule has 2 N–H and O–H groups in total. The van der Waals surface area contributed by atoms with E-state index >= 15 is 0 Å². The summed E-state index contributed by atoms with van der Waals surface area (Å²) in [7, 11) is 0. The van der Waals surface area contributed by atoms with Crippen LogP contribution in [0.15, 0.2) is 42.5 Å². The van der Waals surface area contributed by atoms with Crippen molar-refractivity contribution < 1.29 is 9.84 Å². The Morgan fingerprint density at radius 2 is 2.10 bits per heavy atom. The molecule has 1 unspecified atom stereocenters. The van der Waals surface area contributed by atoms with Crippen molar-refractivity contribution in [3.63, 3.8) is 0 Å². The van der Waals surface area contributed by atoms with Gasteiger partial charge in [-0.3, -0.25) is 0 Å². The van der Waals surface area contributed by atoms with Gasteiger partial charge in [0.1, 0.15) is 11.5 Å². The van der Waals surface area contributed by atoms with Crippen molar-refractivity contribution in [2.75, 3.05) is 6.61 Å². The Kier molecular flexibility index (Phi) is 4.11. The summed E-state index contributed by atoms with van der Waals surface area (Å²) >= 11 is 0. The van der Waals surface area contributed by atoms with Gasteiger partial charge in [-0.2, -0.15) is 0 Å². The Balaban J connectivity index is 1.67. The molecule has 0 amide bonds. The van der Waals surface area contributed by atoms with Crippen LogP contribution in [0.3, 0.4) is 0 Å². The molecule has 0 heterocycles. The molecular formula is C18H21NO2. The molecular weight excluding hydrogens is 262 g/mol. The minimum absolute atomic E-state index is 0.322. The van der Waals surface area contributed by atoms with Crippen LogP contribution >= 0.6 is 0 Å². The topological polar surface area (TPSA) is 41.5 Å². The molecule has 2 aromatic carbocycles. The van der Waals surface area contributed by atoms with E-state index in [0.717, 1.165) is 30.7 Å². The zero-order valence-electron chi connectivity index (χ0n) is 12.3. The van der Waals surface area contributed by atoms with E-state index < -0.39 is 0 Å². The van der Waals surface area contributed by atoms with Gasteiger partial charge in [0, 0.05) is 12.6 Å². The average Bonchev–Trinajstić information content (AvgIpc) is 2.91. The Bertz CT molecular complexity index is 624. The van der Waals surface area contributed by atoms with Crippen molar-refractivity contribution in [3.05, 3.63) is 59.2 Å². The van der Waals surface area contributed by atoms with Crippen LogP contribution in [0.25, 0.3) is 0 Å². The largest absolute Gasteiger partial charge is 0.508 e. The third-order valence-electron chi connectivity index (χ3n) is 4.01. The van der Waals surface area contributed by atoms with E-state index in [4.69, 9.17) is 4.74 Å². The maximum atomic E-state index is 9.89. The Morgan fingerprint density at radius 1 is 1.24 bits per heavy atom. The summed E-state index contributed by atoms with van der Waals surface area (Å²) < 4.78 is 5.53. The van der Waals surface area contributed by atoms with Crippen LogP contribution in [0.2, 0.25) is 0 Å². The molecule has 3 heteroatoms. The van der Waals surface area contributed by atoms with Crippen LogP contribution in [0.5, 0.6) is 11.5 Å². The van der Waals surface area contributed by atoms with Gasteiger partial charge in [-0.05, 0) is 54.7 Å². The SMILES string of the molecule is CCOc1cccc(CNC2CCc3c(O)cccc32)c1. The van der Waals surface area contributed by atoms with Gasteiger partial charge in [0.15, 0.2) is 0 Å². The third kappa shape index (κ3) is 3.03. The van der Waals surface area contributed by atoms with E-state index in [1.54, 1.807) is 6.07 Å². The standard InChI is InChI=1S/C18H21NO2/c1-2-21-14-6-3-5-13(11-14)12-19-17-10-9-16-15(17)7-4-8-18(16)20/h3-8,11,17,19-20H,2,9-10,12H2,1H3. The molecule has 0 fully saturated rings. The monoisotopic (exact) mass is 283 g/mol. The summed E-state index contributed by atoms with van der Waals surface area (Å²) in [4.78, 5) is 0. The number of hydrogen-bond donors (Lipinski definition) is 2. The molecule has 2 aromatic rings. The molecule has 3 rings (SSSR count). The molecule has 0 saturated carbocycles. The van der Waals surface area contributed by atoms with Crippen LogP contribution in [0.4, 0.5) is 0 Å². The molecule has 3 nitrogen and oxygen atoms in total. The zero-order valence-corrected chi connectivity index (χ0v) is 12.3. The predicted molar refractivity (Wildman–Crippen MR) is 83.6 cm³/mol. The summed E-state index contributed by atoms with van der Waals surface area (Å²) in [6, 6.07) is 14.3. The van der Waals surface area contributed by atoms with Gasteiger partial charge in [-0.15, -0.1) is 0 Å². The molecule has 0 spiro atoms. The van der Waals surface area contributed by atoms with Crippen LogP contribution in [-0.4, -0.2) is 11.7 Å². The number of benzene rings is 2. The Labute approximate surface area is 125 Å². The third-order valence-corrected chi connectivity index (χ3v) is 4.01. The van der Waals surface area contributed by atoms with Gasteiger partial charge >= 0.3 is 0 Å². The molecule has 0 bridgehead atoms. The summed E-state index contributed by atoms with van der Waals surface area (Å²) in [5.41, 5.74) is 3.54. The van der Waals surface area contributed by atoms with Gasteiger partial charge < -0.3 is 15.2 Å². The lowest BCUT2D eigenvalue weighted by Gasteiger charge is -2.15. The van der Waals surface area contributed by atoms with Gasteiger partial charge in [-0.1, -0.05) is 24.3 Å². The minimum Gasteiger partial charge on any atom is -0.508 e. The Morgan fingerprint density at radius 3 is 2.95 bits per heavy atom. The van der Waals surface area contributed by atoms with Gasteiger partial charge in [0.05, 0.1) is 6.61 Å². The molecule has 21 heavy (non-hydrogen) atoms.